The van der Waals surface area contributed by atoms with E-state index in [9.17, 15) is 9.90 Å². The van der Waals surface area contributed by atoms with Crippen LogP contribution in [0, 0.1) is 5.92 Å². The number of methoxy groups -OCH3 is 2. The number of likely N-dealkylation sites (tertiary alicyclic amines) is 1. The summed E-state index contributed by atoms with van der Waals surface area (Å²) in [7, 11) is 3.23. The Morgan fingerprint density at radius 2 is 1.74 bits per heavy atom. The van der Waals surface area contributed by atoms with Crippen molar-refractivity contribution in [2.75, 3.05) is 65.1 Å². The Bertz CT molecular complexity index is 1110. The molecule has 2 heterocycles. The van der Waals surface area contributed by atoms with Crippen LogP contribution in [-0.4, -0.2) is 98.3 Å². The first-order chi connectivity index (χ1) is 20.9. The number of hydrogen-bond acceptors (Lipinski definition) is 7. The number of nitrogens with zero attached hydrogens (tertiary/aromatic N) is 2. The first-order valence-corrected chi connectivity index (χ1v) is 17.1. The molecule has 43 heavy (non-hydrogen) atoms. The Labute approximate surface area is 263 Å². The minimum atomic E-state index is -0.427. The predicted octanol–water partition coefficient (Wildman–Crippen LogP) is 5.72. The quantitative estimate of drug-likeness (QED) is 0.204. The van der Waals surface area contributed by atoms with Gasteiger partial charge in [-0.25, -0.2) is 0 Å². The number of hydrogen-bond donors (Lipinski definition) is 1. The summed E-state index contributed by atoms with van der Waals surface area (Å²) in [6.45, 7) is 8.59. The second-order valence-electron chi connectivity index (χ2n) is 12.3. The second kappa shape index (κ2) is 16.8. The van der Waals surface area contributed by atoms with Gasteiger partial charge in [0, 0.05) is 37.8 Å². The summed E-state index contributed by atoms with van der Waals surface area (Å²) in [4.78, 5) is 17.6. The number of carbonyl (C=O) groups excluding carboxylic acids is 1. The van der Waals surface area contributed by atoms with Crippen molar-refractivity contribution in [2.45, 2.75) is 70.1 Å². The zero-order valence-corrected chi connectivity index (χ0v) is 27.4. The Kier molecular flexibility index (Phi) is 13.2. The molecular formula is C35H52N2O5S. The van der Waals surface area contributed by atoms with Gasteiger partial charge >= 0.3 is 0 Å². The third-order valence-electron chi connectivity index (χ3n) is 9.35. The minimum absolute atomic E-state index is 0.0850. The van der Waals surface area contributed by atoms with E-state index in [2.05, 4.69) is 55.1 Å². The molecule has 0 aromatic heterocycles. The van der Waals surface area contributed by atoms with Crippen LogP contribution in [0.2, 0.25) is 0 Å². The smallest absolute Gasteiger partial charge is 0.225 e. The molecule has 2 aromatic carbocycles. The van der Waals surface area contributed by atoms with E-state index in [-0.39, 0.29) is 11.3 Å². The average Bonchev–Trinajstić information content (AvgIpc) is 3.04. The molecule has 2 aliphatic heterocycles. The third-order valence-corrected chi connectivity index (χ3v) is 10.4. The highest BCUT2D eigenvalue weighted by molar-refractivity contribution is 7.99. The molecule has 1 N–H and O–H groups in total. The van der Waals surface area contributed by atoms with Crippen molar-refractivity contribution in [1.82, 2.24) is 9.80 Å². The molecule has 238 valence electrons. The Hall–Kier alpha value is -2.10. The molecule has 1 amide bonds. The lowest BCUT2D eigenvalue weighted by Crippen LogP contribution is -2.45. The van der Waals surface area contributed by atoms with E-state index < -0.39 is 6.29 Å². The van der Waals surface area contributed by atoms with Crippen LogP contribution < -0.4 is 0 Å². The van der Waals surface area contributed by atoms with Gasteiger partial charge in [-0.1, -0.05) is 42.5 Å². The molecule has 2 saturated heterocycles. The molecule has 0 aliphatic carbocycles. The van der Waals surface area contributed by atoms with Crippen LogP contribution in [0.4, 0.5) is 0 Å². The minimum Gasteiger partial charge on any atom is -0.508 e. The Balaban J connectivity index is 1.35. The highest BCUT2D eigenvalue weighted by atomic mass is 32.2. The summed E-state index contributed by atoms with van der Waals surface area (Å²) in [6.07, 6.45) is 4.86. The lowest BCUT2D eigenvalue weighted by Gasteiger charge is -2.44. The van der Waals surface area contributed by atoms with Crippen LogP contribution in [0.3, 0.4) is 0 Å². The molecule has 2 aromatic rings. The van der Waals surface area contributed by atoms with Crippen LogP contribution >= 0.6 is 11.8 Å². The van der Waals surface area contributed by atoms with Crippen LogP contribution in [0.25, 0.3) is 0 Å². The third kappa shape index (κ3) is 9.21. The number of ether oxygens (including phenoxy) is 3. The first kappa shape index (κ1) is 33.8. The number of aromatic hydroxyl groups is 1. The van der Waals surface area contributed by atoms with E-state index in [0.717, 1.165) is 74.4 Å². The monoisotopic (exact) mass is 612 g/mol. The normalized spacial score (nSPS) is 17.9. The maximum Gasteiger partial charge on any atom is 0.225 e. The van der Waals surface area contributed by atoms with Gasteiger partial charge in [-0.15, -0.1) is 0 Å². The highest BCUT2D eigenvalue weighted by Gasteiger charge is 2.40. The number of rotatable bonds is 15. The number of benzene rings is 2. The topological polar surface area (TPSA) is 71.5 Å². The lowest BCUT2D eigenvalue weighted by molar-refractivity contribution is -0.147. The number of thioether (sulfide) groups is 1. The zero-order valence-electron chi connectivity index (χ0n) is 26.6. The van der Waals surface area contributed by atoms with Crippen molar-refractivity contribution < 1.29 is 24.1 Å². The fourth-order valence-electron chi connectivity index (χ4n) is 6.57. The van der Waals surface area contributed by atoms with Crippen molar-refractivity contribution in [3.05, 3.63) is 65.2 Å². The molecule has 4 rings (SSSR count). The largest absolute Gasteiger partial charge is 0.508 e. The lowest BCUT2D eigenvalue weighted by atomic mass is 9.67. The molecule has 7 nitrogen and oxygen atoms in total. The first-order valence-electron chi connectivity index (χ1n) is 16.0. The van der Waals surface area contributed by atoms with Crippen LogP contribution in [0.15, 0.2) is 48.5 Å². The molecule has 0 atom stereocenters. The fraction of sp³-hybridized carbons (Fsp3) is 0.629. The van der Waals surface area contributed by atoms with E-state index in [0.29, 0.717) is 43.9 Å². The summed E-state index contributed by atoms with van der Waals surface area (Å²) >= 11 is 1.99. The van der Waals surface area contributed by atoms with Crippen molar-refractivity contribution in [2.24, 2.45) is 5.92 Å². The van der Waals surface area contributed by atoms with Crippen LogP contribution in [-0.2, 0) is 30.8 Å². The molecule has 0 spiro atoms. The van der Waals surface area contributed by atoms with Crippen molar-refractivity contribution in [3.8, 4) is 5.75 Å². The Morgan fingerprint density at radius 1 is 1.05 bits per heavy atom. The summed E-state index contributed by atoms with van der Waals surface area (Å²) in [5, 5.41) is 11.1. The molecular weight excluding hydrogens is 560 g/mol. The number of phenolic OH excluding ortho intramolecular Hbond substituents is 1. The molecule has 8 heteroatoms. The van der Waals surface area contributed by atoms with Crippen LogP contribution in [0.1, 0.15) is 62.6 Å². The van der Waals surface area contributed by atoms with E-state index in [1.807, 2.05) is 28.8 Å². The van der Waals surface area contributed by atoms with Gasteiger partial charge in [-0.05, 0) is 93.7 Å². The van der Waals surface area contributed by atoms with Gasteiger partial charge < -0.3 is 29.1 Å². The van der Waals surface area contributed by atoms with Crippen LogP contribution in [0.5, 0.6) is 5.75 Å². The number of carbonyl (C=O) groups is 1. The van der Waals surface area contributed by atoms with Gasteiger partial charge in [0.2, 0.25) is 5.91 Å². The maximum atomic E-state index is 13.2. The van der Waals surface area contributed by atoms with E-state index in [4.69, 9.17) is 14.2 Å². The number of piperidine rings is 1. The van der Waals surface area contributed by atoms with E-state index in [1.165, 1.54) is 5.56 Å². The summed E-state index contributed by atoms with van der Waals surface area (Å²) in [6, 6.07) is 17.2. The predicted molar refractivity (Wildman–Crippen MR) is 175 cm³/mol. The molecule has 0 bridgehead atoms. The van der Waals surface area contributed by atoms with Gasteiger partial charge in [-0.3, -0.25) is 4.79 Å². The second-order valence-corrected chi connectivity index (χ2v) is 13.5. The average molecular weight is 613 g/mol. The summed E-state index contributed by atoms with van der Waals surface area (Å²) in [5.41, 5.74) is 3.20. The van der Waals surface area contributed by atoms with Crippen molar-refractivity contribution in [1.29, 1.82) is 0 Å². The summed E-state index contributed by atoms with van der Waals surface area (Å²) in [5.74, 6) is 3.30. The highest BCUT2D eigenvalue weighted by Crippen LogP contribution is 2.45. The maximum absolute atomic E-state index is 13.2. The molecule has 2 aliphatic rings. The molecule has 0 saturated carbocycles. The summed E-state index contributed by atoms with van der Waals surface area (Å²) < 4.78 is 16.8. The molecule has 0 unspecified atom stereocenters. The van der Waals surface area contributed by atoms with Gasteiger partial charge in [0.05, 0.1) is 26.2 Å². The molecule has 2 fully saturated rings. The standard InChI is InChI=1S/C35H52N2O5S/c1-27(2)36-18-16-35(17-19-36,30-8-6-5-7-9-30)31-24-28(10-11-32(31)38)12-20-42-21-13-33(39)37(26-34(40-3)41-4)25-29-14-22-43-23-15-29/h5-11,24,27,29,34,38H,12-23,25-26H2,1-4H3. The number of phenols is 1. The van der Waals surface area contributed by atoms with E-state index in [1.54, 1.807) is 14.2 Å². The number of amides is 1. The van der Waals surface area contributed by atoms with E-state index >= 15 is 0 Å². The SMILES string of the molecule is COC(CN(CC1CCSCC1)C(=O)CCOCCc1ccc(O)c(C2(c3ccccc3)CCN(C(C)C)CC2)c1)OC. The molecule has 0 radical (unpaired) electrons. The van der Waals surface area contributed by atoms with Gasteiger partial charge in [-0.2, -0.15) is 11.8 Å². The Morgan fingerprint density at radius 3 is 2.40 bits per heavy atom. The van der Waals surface area contributed by atoms with Gasteiger partial charge in [0.1, 0.15) is 5.75 Å². The van der Waals surface area contributed by atoms with Gasteiger partial charge in [0.25, 0.3) is 0 Å². The van der Waals surface area contributed by atoms with Gasteiger partial charge in [0.15, 0.2) is 6.29 Å². The fourth-order valence-corrected chi connectivity index (χ4v) is 7.77. The zero-order chi connectivity index (χ0) is 30.7. The van der Waals surface area contributed by atoms with Crippen molar-refractivity contribution in [3.63, 3.8) is 0 Å². The van der Waals surface area contributed by atoms with Crippen molar-refractivity contribution >= 4 is 17.7 Å².